The highest BCUT2D eigenvalue weighted by atomic mass is 32.2. The Morgan fingerprint density at radius 3 is 2.19 bits per heavy atom. The maximum absolute atomic E-state index is 13.6. The number of nitrogens with one attached hydrogen (secondary N) is 1. The molecule has 0 aliphatic heterocycles. The number of nitriles is 1. The predicted molar refractivity (Wildman–Crippen MR) is 121 cm³/mol. The van der Waals surface area contributed by atoms with E-state index in [1.54, 1.807) is 0 Å². The van der Waals surface area contributed by atoms with Crippen LogP contribution in [0.2, 0.25) is 0 Å². The normalized spacial score (nSPS) is 20.6. The number of hydrogen-bond donors (Lipinski definition) is 2. The first-order valence-electron chi connectivity index (χ1n) is 11.0. The van der Waals surface area contributed by atoms with Crippen molar-refractivity contribution in [1.82, 2.24) is 5.32 Å². The van der Waals surface area contributed by atoms with Gasteiger partial charge in [0.15, 0.2) is 9.84 Å². The number of sulfone groups is 1. The molecule has 2 aromatic carbocycles. The quantitative estimate of drug-likeness (QED) is 0.518. The lowest BCUT2D eigenvalue weighted by Crippen LogP contribution is -2.33. The summed E-state index contributed by atoms with van der Waals surface area (Å²) < 4.78 is 84.8. The summed E-state index contributed by atoms with van der Waals surface area (Å²) in [7, 11) is -2.70. The minimum atomic E-state index is -4.84. The van der Waals surface area contributed by atoms with Crippen molar-refractivity contribution in [3.8, 4) is 17.2 Å². The Kier molecular flexibility index (Phi) is 7.95. The molecule has 0 bridgehead atoms. The summed E-state index contributed by atoms with van der Waals surface area (Å²) in [6.45, 7) is 0. The van der Waals surface area contributed by atoms with Crippen molar-refractivity contribution in [3.63, 3.8) is 0 Å². The second kappa shape index (κ2) is 10.4. The molecule has 0 unspecified atom stereocenters. The molecule has 2 saturated carbocycles. The largest absolute Gasteiger partial charge is 0.465 e. The van der Waals surface area contributed by atoms with Crippen molar-refractivity contribution >= 4 is 15.9 Å². The molecular weight excluding hydrogens is 504 g/mol. The third-order valence-corrected chi connectivity index (χ3v) is 8.46. The van der Waals surface area contributed by atoms with Gasteiger partial charge in [0.1, 0.15) is 11.4 Å². The third-order valence-electron chi connectivity index (χ3n) is 6.19. The molecule has 0 radical (unpaired) electrons. The van der Waals surface area contributed by atoms with Gasteiger partial charge in [0.2, 0.25) is 0 Å². The van der Waals surface area contributed by atoms with Crippen LogP contribution < -0.4 is 5.32 Å². The average molecular weight is 529 g/mol. The van der Waals surface area contributed by atoms with Gasteiger partial charge in [-0.1, -0.05) is 18.2 Å². The van der Waals surface area contributed by atoms with E-state index in [2.05, 4.69) is 5.32 Å². The molecule has 36 heavy (non-hydrogen) atoms. The van der Waals surface area contributed by atoms with Crippen LogP contribution in [0.5, 0.6) is 0 Å². The Balaban J connectivity index is 0.000000338. The Labute approximate surface area is 205 Å². The van der Waals surface area contributed by atoms with Crippen LogP contribution in [-0.2, 0) is 20.8 Å². The van der Waals surface area contributed by atoms with Gasteiger partial charge in [0.25, 0.3) is 0 Å². The van der Waals surface area contributed by atoms with E-state index in [0.29, 0.717) is 24.8 Å². The van der Waals surface area contributed by atoms with Gasteiger partial charge in [-0.3, -0.25) is 0 Å². The van der Waals surface area contributed by atoms with Crippen molar-refractivity contribution in [1.29, 1.82) is 5.26 Å². The zero-order valence-corrected chi connectivity index (χ0v) is 20.0. The highest BCUT2D eigenvalue weighted by Gasteiger charge is 2.45. The fourth-order valence-electron chi connectivity index (χ4n) is 3.99. The fraction of sp³-hybridized carbons (Fsp3) is 0.417. The van der Waals surface area contributed by atoms with Crippen LogP contribution in [0.25, 0.3) is 11.1 Å². The number of benzene rings is 2. The molecule has 4 rings (SSSR count). The van der Waals surface area contributed by atoms with Gasteiger partial charge in [-0.05, 0) is 67.5 Å². The maximum Gasteiger partial charge on any atom is 0.417 e. The highest BCUT2D eigenvalue weighted by Crippen LogP contribution is 2.40. The molecule has 1 amide bonds. The first-order chi connectivity index (χ1) is 16.8. The van der Waals surface area contributed by atoms with Gasteiger partial charge in [-0.15, -0.1) is 0 Å². The maximum atomic E-state index is 13.6. The molecule has 2 fully saturated rings. The van der Waals surface area contributed by atoms with Gasteiger partial charge in [0, 0.05) is 7.11 Å². The van der Waals surface area contributed by atoms with Crippen molar-refractivity contribution < 1.29 is 40.6 Å². The Bertz CT molecular complexity index is 1250. The number of carboxylic acid groups (broad SMARTS) is 1. The summed E-state index contributed by atoms with van der Waals surface area (Å²) in [4.78, 5) is 9.23. The van der Waals surface area contributed by atoms with Gasteiger partial charge in [-0.2, -0.15) is 18.4 Å². The third kappa shape index (κ3) is 6.33. The number of hydrogen-bond acceptors (Lipinski definition) is 5. The van der Waals surface area contributed by atoms with E-state index in [-0.39, 0.29) is 24.5 Å². The molecule has 0 saturated heterocycles. The predicted octanol–water partition coefficient (Wildman–Crippen LogP) is 5.16. The van der Waals surface area contributed by atoms with Gasteiger partial charge in [-0.25, -0.2) is 17.6 Å². The number of amides is 1. The Morgan fingerprint density at radius 2 is 1.75 bits per heavy atom. The van der Waals surface area contributed by atoms with Crippen LogP contribution in [0.15, 0.2) is 47.4 Å². The van der Waals surface area contributed by atoms with E-state index >= 15 is 0 Å². The molecule has 194 valence electrons. The van der Waals surface area contributed by atoms with Crippen molar-refractivity contribution in [2.75, 3.05) is 7.11 Å². The summed E-state index contributed by atoms with van der Waals surface area (Å²) in [6, 6.07) is 9.98. The molecule has 2 aliphatic carbocycles. The highest BCUT2D eigenvalue weighted by molar-refractivity contribution is 7.92. The van der Waals surface area contributed by atoms with Gasteiger partial charge < -0.3 is 15.2 Å². The Hall–Kier alpha value is -3.17. The molecule has 12 heteroatoms. The topological polar surface area (TPSA) is 116 Å². The summed E-state index contributed by atoms with van der Waals surface area (Å²) in [5, 5.41) is 17.7. The van der Waals surface area contributed by atoms with Crippen LogP contribution >= 0.6 is 0 Å². The smallest absolute Gasteiger partial charge is 0.417 e. The molecule has 2 atom stereocenters. The van der Waals surface area contributed by atoms with E-state index in [0.717, 1.165) is 24.3 Å². The standard InChI is InChI=1S/C19H18F4O3S.C5H6N2O2/c1-26-15-7-8-16(11-15)27(24,25)18-9-4-13(10-17(18)19(21,22)23)12-2-5-14(20)6-3-12;6-3-5(1-2-5)7-4(8)9/h2-6,9-10,15-16H,7-8,11H2,1H3;7H,1-2H2,(H,8,9)/t15-,16-;/m0./s1. The monoisotopic (exact) mass is 528 g/mol. The number of alkyl halides is 3. The molecule has 7 nitrogen and oxygen atoms in total. The van der Waals surface area contributed by atoms with Gasteiger partial charge >= 0.3 is 12.3 Å². The van der Waals surface area contributed by atoms with Crippen LogP contribution in [0.1, 0.15) is 37.7 Å². The second-order valence-electron chi connectivity index (χ2n) is 8.68. The molecule has 2 aromatic rings. The van der Waals surface area contributed by atoms with Crippen LogP contribution in [0.3, 0.4) is 0 Å². The summed E-state index contributed by atoms with van der Waals surface area (Å²) in [6.07, 6.45) is -3.99. The van der Waals surface area contributed by atoms with E-state index in [4.69, 9.17) is 15.1 Å². The van der Waals surface area contributed by atoms with Gasteiger partial charge in [0.05, 0.1) is 27.9 Å². The number of halogens is 4. The zero-order valence-electron chi connectivity index (χ0n) is 19.2. The summed E-state index contributed by atoms with van der Waals surface area (Å²) in [5.74, 6) is -0.511. The van der Waals surface area contributed by atoms with Crippen LogP contribution in [0, 0.1) is 17.1 Å². The number of nitrogens with zero attached hydrogens (tertiary/aromatic N) is 1. The van der Waals surface area contributed by atoms with E-state index < -0.39 is 49.2 Å². The molecule has 2 N–H and O–H groups in total. The molecular formula is C24H24F4N2O5S. The van der Waals surface area contributed by atoms with E-state index in [1.807, 2.05) is 6.07 Å². The minimum absolute atomic E-state index is 0.169. The second-order valence-corrected chi connectivity index (χ2v) is 10.9. The lowest BCUT2D eigenvalue weighted by atomic mass is 10.0. The first-order valence-corrected chi connectivity index (χ1v) is 12.5. The van der Waals surface area contributed by atoms with E-state index in [1.165, 1.54) is 25.3 Å². The molecule has 0 spiro atoms. The number of ether oxygens (including phenoxy) is 1. The molecule has 0 aromatic heterocycles. The van der Waals surface area contributed by atoms with Crippen molar-refractivity contribution in [3.05, 3.63) is 53.8 Å². The molecule has 2 aliphatic rings. The zero-order chi connectivity index (χ0) is 26.7. The number of rotatable bonds is 5. The summed E-state index contributed by atoms with van der Waals surface area (Å²) >= 11 is 0. The lowest BCUT2D eigenvalue weighted by molar-refractivity contribution is -0.139. The fourth-order valence-corrected chi connectivity index (χ4v) is 6.00. The minimum Gasteiger partial charge on any atom is -0.465 e. The Morgan fingerprint density at radius 1 is 1.14 bits per heavy atom. The molecule has 0 heterocycles. The number of carbonyl (C=O) groups is 1. The van der Waals surface area contributed by atoms with E-state index in [9.17, 15) is 30.8 Å². The SMILES string of the molecule is CO[C@H]1CC[C@H](S(=O)(=O)c2ccc(-c3ccc(F)cc3)cc2C(F)(F)F)C1.N#CC1(NC(=O)O)CC1. The first kappa shape index (κ1) is 27.4. The van der Waals surface area contributed by atoms with Crippen molar-refractivity contribution in [2.45, 2.75) is 60.1 Å². The van der Waals surface area contributed by atoms with Crippen molar-refractivity contribution in [2.24, 2.45) is 0 Å². The van der Waals surface area contributed by atoms with Crippen LogP contribution in [0.4, 0.5) is 22.4 Å². The summed E-state index contributed by atoms with van der Waals surface area (Å²) in [5.41, 5.74) is -1.40. The lowest BCUT2D eigenvalue weighted by Gasteiger charge is -2.18. The van der Waals surface area contributed by atoms with Crippen LogP contribution in [-0.4, -0.2) is 43.6 Å². The average Bonchev–Trinajstić information content (AvgIpc) is 3.40. The number of methoxy groups -OCH3 is 1.